The van der Waals surface area contributed by atoms with Gasteiger partial charge in [0.1, 0.15) is 11.3 Å². The molecule has 0 radical (unpaired) electrons. The summed E-state index contributed by atoms with van der Waals surface area (Å²) in [5, 5.41) is 3.45. The molecule has 0 saturated heterocycles. The summed E-state index contributed by atoms with van der Waals surface area (Å²) in [5.74, 6) is -0.363. The Labute approximate surface area is 176 Å². The number of carbonyl (C=O) groups excluding carboxylic acids is 2. The molecule has 0 spiro atoms. The van der Waals surface area contributed by atoms with E-state index in [1.54, 1.807) is 19.1 Å². The number of nitrogen functional groups attached to an aromatic ring is 1. The first kappa shape index (κ1) is 23.6. The van der Waals surface area contributed by atoms with Gasteiger partial charge in [0.25, 0.3) is 0 Å². The molecular formula is C22H32N4O4. The molecule has 1 amide bonds. The van der Waals surface area contributed by atoms with E-state index in [2.05, 4.69) is 5.32 Å². The van der Waals surface area contributed by atoms with Crippen molar-refractivity contribution >= 4 is 28.3 Å². The Kier molecular flexibility index (Phi) is 8.14. The van der Waals surface area contributed by atoms with Crippen molar-refractivity contribution in [3.8, 4) is 0 Å². The van der Waals surface area contributed by atoms with Gasteiger partial charge in [0, 0.05) is 10.9 Å². The molecule has 0 saturated carbocycles. The van der Waals surface area contributed by atoms with Crippen LogP contribution in [0.15, 0.2) is 27.4 Å². The lowest BCUT2D eigenvalue weighted by Crippen LogP contribution is -2.48. The topological polar surface area (TPSA) is 154 Å². The number of carbonyl (C=O) groups is 2. The number of unbranched alkanes of at least 4 members (excludes halogenated alkanes) is 1. The first-order valence-electron chi connectivity index (χ1n) is 10.3. The van der Waals surface area contributed by atoms with Crippen LogP contribution < -0.4 is 28.1 Å². The minimum absolute atomic E-state index is 0.0487. The quantitative estimate of drug-likeness (QED) is 0.262. The monoisotopic (exact) mass is 416 g/mol. The molecular weight excluding hydrogens is 384 g/mol. The van der Waals surface area contributed by atoms with Gasteiger partial charge in [-0.2, -0.15) is 0 Å². The van der Waals surface area contributed by atoms with Gasteiger partial charge in [0.15, 0.2) is 5.78 Å². The predicted octanol–water partition coefficient (Wildman–Crippen LogP) is 1.85. The van der Waals surface area contributed by atoms with Crippen LogP contribution in [0.3, 0.4) is 0 Å². The van der Waals surface area contributed by atoms with Gasteiger partial charge >= 0.3 is 5.63 Å². The van der Waals surface area contributed by atoms with Crippen LogP contribution in [-0.4, -0.2) is 30.3 Å². The molecule has 2 rings (SSSR count). The van der Waals surface area contributed by atoms with Crippen LogP contribution in [0.25, 0.3) is 11.0 Å². The van der Waals surface area contributed by atoms with Crippen LogP contribution >= 0.6 is 0 Å². The number of rotatable bonds is 10. The van der Waals surface area contributed by atoms with E-state index >= 15 is 0 Å². The second-order valence-corrected chi connectivity index (χ2v) is 8.09. The largest absolute Gasteiger partial charge is 0.421 e. The van der Waals surface area contributed by atoms with Crippen molar-refractivity contribution in [2.24, 2.45) is 17.4 Å². The second-order valence-electron chi connectivity index (χ2n) is 8.09. The number of amides is 1. The van der Waals surface area contributed by atoms with E-state index in [1.807, 2.05) is 13.8 Å². The van der Waals surface area contributed by atoms with E-state index in [-0.39, 0.29) is 28.9 Å². The standard InChI is InChI=1S/C22H32N4O4/c1-12(2)10-16(24)21(28)26-17(6-4-5-9-23)20(27)14-7-8-15-13(3)19(25)22(29)30-18(15)11-14/h7-8,11-12,16-17H,4-6,9-10,23-25H2,1-3H3,(H,26,28)/t16-,17-/m0/s1. The number of hydrogen-bond acceptors (Lipinski definition) is 7. The third-order valence-corrected chi connectivity index (χ3v) is 5.14. The highest BCUT2D eigenvalue weighted by Gasteiger charge is 2.25. The van der Waals surface area contributed by atoms with Gasteiger partial charge in [-0.3, -0.25) is 9.59 Å². The lowest BCUT2D eigenvalue weighted by Gasteiger charge is -2.21. The molecule has 0 aliphatic heterocycles. The van der Waals surface area contributed by atoms with Crippen molar-refractivity contribution in [3.63, 3.8) is 0 Å². The zero-order valence-corrected chi connectivity index (χ0v) is 17.9. The number of nitrogens with one attached hydrogen (secondary N) is 1. The Morgan fingerprint density at radius 2 is 1.90 bits per heavy atom. The number of nitrogens with two attached hydrogens (primary N) is 3. The Morgan fingerprint density at radius 3 is 2.53 bits per heavy atom. The van der Waals surface area contributed by atoms with Crippen molar-refractivity contribution in [1.29, 1.82) is 0 Å². The molecule has 2 atom stereocenters. The lowest BCUT2D eigenvalue weighted by molar-refractivity contribution is -0.123. The van der Waals surface area contributed by atoms with Gasteiger partial charge in [-0.05, 0) is 56.7 Å². The Hall–Kier alpha value is -2.71. The summed E-state index contributed by atoms with van der Waals surface area (Å²) in [6.45, 7) is 6.19. The van der Waals surface area contributed by atoms with E-state index in [0.29, 0.717) is 42.3 Å². The molecule has 0 aliphatic rings. The molecule has 7 N–H and O–H groups in total. The summed E-state index contributed by atoms with van der Waals surface area (Å²) in [5.41, 5.74) is 17.9. The van der Waals surface area contributed by atoms with Gasteiger partial charge in [-0.15, -0.1) is 0 Å². The maximum atomic E-state index is 13.2. The van der Waals surface area contributed by atoms with Crippen LogP contribution in [0.5, 0.6) is 0 Å². The van der Waals surface area contributed by atoms with Gasteiger partial charge in [0.05, 0.1) is 12.1 Å². The number of benzene rings is 1. The third-order valence-electron chi connectivity index (χ3n) is 5.14. The van der Waals surface area contributed by atoms with Gasteiger partial charge in [0.2, 0.25) is 5.91 Å². The molecule has 8 nitrogen and oxygen atoms in total. The van der Waals surface area contributed by atoms with E-state index < -0.39 is 17.7 Å². The molecule has 1 aromatic heterocycles. The molecule has 0 fully saturated rings. The molecule has 2 aromatic rings. The molecule has 30 heavy (non-hydrogen) atoms. The van der Waals surface area contributed by atoms with Crippen molar-refractivity contribution in [1.82, 2.24) is 5.32 Å². The second kappa shape index (κ2) is 10.4. The number of fused-ring (bicyclic) bond motifs is 1. The molecule has 0 bridgehead atoms. The summed E-state index contributed by atoms with van der Waals surface area (Å²) in [4.78, 5) is 37.6. The highest BCUT2D eigenvalue weighted by molar-refractivity contribution is 6.04. The average Bonchev–Trinajstić information content (AvgIpc) is 2.70. The van der Waals surface area contributed by atoms with E-state index in [9.17, 15) is 14.4 Å². The Bertz CT molecular complexity index is 967. The van der Waals surface area contributed by atoms with Crippen LogP contribution in [0, 0.1) is 12.8 Å². The molecule has 0 aliphatic carbocycles. The number of aryl methyl sites for hydroxylation is 1. The molecule has 1 aromatic carbocycles. The zero-order valence-electron chi connectivity index (χ0n) is 17.9. The summed E-state index contributed by atoms with van der Waals surface area (Å²) in [7, 11) is 0. The average molecular weight is 417 g/mol. The smallest absolute Gasteiger partial charge is 0.359 e. The zero-order chi connectivity index (χ0) is 22.4. The number of Topliss-reactive ketones (excluding diaryl/α,β-unsaturated/α-hetero) is 1. The fraction of sp³-hybridized carbons (Fsp3) is 0.500. The Morgan fingerprint density at radius 1 is 1.20 bits per heavy atom. The molecule has 0 unspecified atom stereocenters. The molecule has 164 valence electrons. The number of anilines is 1. The summed E-state index contributed by atoms with van der Waals surface area (Å²) in [6.07, 6.45) is 2.39. The van der Waals surface area contributed by atoms with E-state index in [4.69, 9.17) is 21.6 Å². The summed E-state index contributed by atoms with van der Waals surface area (Å²) >= 11 is 0. The Balaban J connectivity index is 2.31. The minimum atomic E-state index is -0.735. The summed E-state index contributed by atoms with van der Waals surface area (Å²) in [6, 6.07) is 3.44. The third kappa shape index (κ3) is 5.67. The maximum absolute atomic E-state index is 13.2. The fourth-order valence-corrected chi connectivity index (χ4v) is 3.38. The van der Waals surface area contributed by atoms with Crippen molar-refractivity contribution in [2.75, 3.05) is 12.3 Å². The van der Waals surface area contributed by atoms with Crippen molar-refractivity contribution < 1.29 is 14.0 Å². The predicted molar refractivity (Wildman–Crippen MR) is 118 cm³/mol. The van der Waals surface area contributed by atoms with Crippen LogP contribution in [-0.2, 0) is 4.79 Å². The van der Waals surface area contributed by atoms with Crippen LogP contribution in [0.1, 0.15) is 55.5 Å². The highest BCUT2D eigenvalue weighted by Crippen LogP contribution is 2.23. The molecule has 1 heterocycles. The van der Waals surface area contributed by atoms with Crippen molar-refractivity contribution in [2.45, 2.75) is 58.5 Å². The fourth-order valence-electron chi connectivity index (χ4n) is 3.38. The van der Waals surface area contributed by atoms with Gasteiger partial charge in [-0.25, -0.2) is 4.79 Å². The van der Waals surface area contributed by atoms with Gasteiger partial charge in [-0.1, -0.05) is 26.0 Å². The van der Waals surface area contributed by atoms with E-state index in [1.165, 1.54) is 6.07 Å². The summed E-state index contributed by atoms with van der Waals surface area (Å²) < 4.78 is 5.25. The number of ketones is 1. The normalized spacial score (nSPS) is 13.4. The van der Waals surface area contributed by atoms with Crippen molar-refractivity contribution in [3.05, 3.63) is 39.7 Å². The minimum Gasteiger partial charge on any atom is -0.421 e. The number of hydrogen-bond donors (Lipinski definition) is 4. The first-order chi connectivity index (χ1) is 14.1. The maximum Gasteiger partial charge on any atom is 0.359 e. The first-order valence-corrected chi connectivity index (χ1v) is 10.3. The van der Waals surface area contributed by atoms with Crippen LogP contribution in [0.2, 0.25) is 0 Å². The lowest BCUT2D eigenvalue weighted by atomic mass is 9.96. The van der Waals surface area contributed by atoms with E-state index in [0.717, 1.165) is 6.42 Å². The van der Waals surface area contributed by atoms with Gasteiger partial charge < -0.3 is 26.9 Å². The molecule has 8 heteroatoms. The highest BCUT2D eigenvalue weighted by atomic mass is 16.4. The van der Waals surface area contributed by atoms with Crippen LogP contribution in [0.4, 0.5) is 5.69 Å². The SMILES string of the molecule is Cc1c(N)c(=O)oc2cc(C(=O)[C@H](CCCCN)NC(=O)[C@@H](N)CC(C)C)ccc12.